The molecule has 7 nitrogen and oxygen atoms in total. The van der Waals surface area contributed by atoms with Gasteiger partial charge in [-0.25, -0.2) is 0 Å². The Hall–Kier alpha value is -2.38. The fourth-order valence-corrected chi connectivity index (χ4v) is 2.66. The van der Waals surface area contributed by atoms with Crippen LogP contribution >= 0.6 is 11.6 Å². The molecule has 2 rings (SSSR count). The van der Waals surface area contributed by atoms with Crippen molar-refractivity contribution in [2.75, 3.05) is 17.2 Å². The van der Waals surface area contributed by atoms with E-state index < -0.39 is 6.04 Å². The van der Waals surface area contributed by atoms with Crippen molar-refractivity contribution in [3.8, 4) is 0 Å². The van der Waals surface area contributed by atoms with Crippen LogP contribution in [0.1, 0.15) is 30.8 Å². The lowest BCUT2D eigenvalue weighted by Crippen LogP contribution is -2.25. The maximum absolute atomic E-state index is 12.5. The molecule has 2 aromatic rings. The fourth-order valence-electron chi connectivity index (χ4n) is 2.44. The van der Waals surface area contributed by atoms with E-state index in [4.69, 9.17) is 17.3 Å². The zero-order valence-corrected chi connectivity index (χ0v) is 15.2. The largest absolute Gasteiger partial charge is 0.330 e. The van der Waals surface area contributed by atoms with Gasteiger partial charge in [0.25, 0.3) is 0 Å². The van der Waals surface area contributed by atoms with Crippen molar-refractivity contribution >= 4 is 34.8 Å². The van der Waals surface area contributed by atoms with E-state index >= 15 is 0 Å². The highest BCUT2D eigenvalue weighted by molar-refractivity contribution is 6.34. The molecule has 134 valence electrons. The Kier molecular flexibility index (Phi) is 6.17. The van der Waals surface area contributed by atoms with Crippen LogP contribution in [0.3, 0.4) is 0 Å². The summed E-state index contributed by atoms with van der Waals surface area (Å²) in [6.07, 6.45) is 0.232. The molecule has 1 aromatic carbocycles. The highest BCUT2D eigenvalue weighted by atomic mass is 35.5. The minimum absolute atomic E-state index is 0.187. The van der Waals surface area contributed by atoms with Gasteiger partial charge in [0.1, 0.15) is 6.04 Å². The van der Waals surface area contributed by atoms with Crippen molar-refractivity contribution in [2.45, 2.75) is 33.2 Å². The summed E-state index contributed by atoms with van der Waals surface area (Å²) in [5, 5.41) is 10.1. The van der Waals surface area contributed by atoms with Crippen LogP contribution in [0.15, 0.2) is 24.3 Å². The summed E-state index contributed by atoms with van der Waals surface area (Å²) < 4.78 is 1.67. The topological polar surface area (TPSA) is 102 Å². The van der Waals surface area contributed by atoms with Crippen LogP contribution in [0.4, 0.5) is 11.4 Å². The quantitative estimate of drug-likeness (QED) is 0.734. The van der Waals surface area contributed by atoms with Gasteiger partial charge in [-0.05, 0) is 45.0 Å². The van der Waals surface area contributed by atoms with E-state index in [0.29, 0.717) is 16.4 Å². The number of nitrogens with one attached hydrogen (secondary N) is 2. The third-order valence-corrected chi connectivity index (χ3v) is 3.99. The lowest BCUT2D eigenvalue weighted by atomic mass is 10.2. The second-order valence-corrected chi connectivity index (χ2v) is 6.23. The van der Waals surface area contributed by atoms with Gasteiger partial charge in [0.05, 0.1) is 16.4 Å². The Morgan fingerprint density at radius 2 is 2.00 bits per heavy atom. The van der Waals surface area contributed by atoms with Crippen molar-refractivity contribution in [2.24, 2.45) is 5.73 Å². The van der Waals surface area contributed by atoms with E-state index in [0.717, 1.165) is 11.4 Å². The van der Waals surface area contributed by atoms with E-state index in [1.807, 2.05) is 19.9 Å². The molecule has 0 aliphatic carbocycles. The van der Waals surface area contributed by atoms with E-state index in [1.54, 1.807) is 29.8 Å². The van der Waals surface area contributed by atoms with Crippen molar-refractivity contribution in [3.63, 3.8) is 0 Å². The van der Waals surface area contributed by atoms with Crippen LogP contribution in [0, 0.1) is 13.8 Å². The van der Waals surface area contributed by atoms with Gasteiger partial charge in [-0.15, -0.1) is 0 Å². The molecule has 0 fully saturated rings. The summed E-state index contributed by atoms with van der Waals surface area (Å²) in [4.78, 5) is 24.0. The summed E-state index contributed by atoms with van der Waals surface area (Å²) in [6, 6.07) is 6.33. The summed E-state index contributed by atoms with van der Waals surface area (Å²) in [5.74, 6) is -0.415. The van der Waals surface area contributed by atoms with Gasteiger partial charge >= 0.3 is 0 Å². The number of carbonyl (C=O) groups excluding carboxylic acids is 2. The highest BCUT2D eigenvalue weighted by Gasteiger charge is 2.19. The molecule has 0 saturated carbocycles. The molecule has 0 bridgehead atoms. The Labute approximate surface area is 151 Å². The standard InChI is InChI=1S/C17H22ClN5O2/c1-10-8-11(2)23(22-10)12(3)17(25)21-15-5-4-13(9-14(15)18)20-16(24)6-7-19/h4-5,8-9,12H,6-7,19H2,1-3H3,(H,20,24)(H,21,25). The molecule has 0 spiro atoms. The van der Waals surface area contributed by atoms with Crippen LogP contribution in [-0.4, -0.2) is 28.1 Å². The molecule has 4 N–H and O–H groups in total. The number of amides is 2. The highest BCUT2D eigenvalue weighted by Crippen LogP contribution is 2.26. The molecule has 0 aliphatic rings. The molecule has 1 atom stereocenters. The first-order valence-corrected chi connectivity index (χ1v) is 8.32. The number of nitrogens with two attached hydrogens (primary N) is 1. The molecular weight excluding hydrogens is 342 g/mol. The molecule has 8 heteroatoms. The van der Waals surface area contributed by atoms with Crippen LogP contribution in [0.5, 0.6) is 0 Å². The minimum atomic E-state index is -0.478. The lowest BCUT2D eigenvalue weighted by molar-refractivity contribution is -0.119. The average molecular weight is 364 g/mol. The van der Waals surface area contributed by atoms with Crippen LogP contribution in [0.2, 0.25) is 5.02 Å². The molecule has 0 saturated heterocycles. The second kappa shape index (κ2) is 8.13. The van der Waals surface area contributed by atoms with E-state index in [2.05, 4.69) is 15.7 Å². The normalized spacial score (nSPS) is 11.9. The fraction of sp³-hybridized carbons (Fsp3) is 0.353. The van der Waals surface area contributed by atoms with Crippen molar-refractivity contribution in [1.82, 2.24) is 9.78 Å². The maximum Gasteiger partial charge on any atom is 0.248 e. The zero-order valence-electron chi connectivity index (χ0n) is 14.5. The number of aryl methyl sites for hydroxylation is 2. The summed E-state index contributed by atoms with van der Waals surface area (Å²) >= 11 is 6.21. The number of aromatic nitrogens is 2. The summed E-state index contributed by atoms with van der Waals surface area (Å²) in [5.41, 5.74) is 8.12. The van der Waals surface area contributed by atoms with E-state index in [9.17, 15) is 9.59 Å². The molecule has 1 heterocycles. The Bertz CT molecular complexity index is 787. The van der Waals surface area contributed by atoms with E-state index in [1.165, 1.54) is 0 Å². The van der Waals surface area contributed by atoms with Crippen molar-refractivity contribution in [1.29, 1.82) is 0 Å². The monoisotopic (exact) mass is 363 g/mol. The molecule has 25 heavy (non-hydrogen) atoms. The molecule has 1 unspecified atom stereocenters. The number of halogens is 1. The van der Waals surface area contributed by atoms with Crippen LogP contribution in [0.25, 0.3) is 0 Å². The van der Waals surface area contributed by atoms with Gasteiger partial charge in [-0.2, -0.15) is 5.10 Å². The smallest absolute Gasteiger partial charge is 0.248 e. The number of rotatable bonds is 6. The summed E-state index contributed by atoms with van der Waals surface area (Å²) in [7, 11) is 0. The SMILES string of the molecule is Cc1cc(C)n(C(C)C(=O)Nc2ccc(NC(=O)CCN)cc2Cl)n1. The van der Waals surface area contributed by atoms with Crippen molar-refractivity contribution < 1.29 is 9.59 Å². The number of carbonyl (C=O) groups is 2. The first-order valence-electron chi connectivity index (χ1n) is 7.95. The Morgan fingerprint density at radius 3 is 2.56 bits per heavy atom. The average Bonchev–Trinajstić information content (AvgIpc) is 2.87. The third-order valence-electron chi connectivity index (χ3n) is 3.67. The number of benzene rings is 1. The zero-order chi connectivity index (χ0) is 18.6. The predicted octanol–water partition coefficient (Wildman–Crippen LogP) is 2.64. The molecule has 1 aromatic heterocycles. The minimum Gasteiger partial charge on any atom is -0.330 e. The first kappa shape index (κ1) is 19.0. The number of anilines is 2. The third kappa shape index (κ3) is 4.80. The van der Waals surface area contributed by atoms with Crippen LogP contribution in [-0.2, 0) is 9.59 Å². The van der Waals surface area contributed by atoms with Gasteiger partial charge in [0.15, 0.2) is 0 Å². The van der Waals surface area contributed by atoms with Gasteiger partial charge in [0, 0.05) is 24.3 Å². The second-order valence-electron chi connectivity index (χ2n) is 5.82. The lowest BCUT2D eigenvalue weighted by Gasteiger charge is -2.15. The number of hydrogen-bond acceptors (Lipinski definition) is 4. The summed E-state index contributed by atoms with van der Waals surface area (Å²) in [6.45, 7) is 5.82. The maximum atomic E-state index is 12.5. The van der Waals surface area contributed by atoms with Gasteiger partial charge in [-0.1, -0.05) is 11.6 Å². The van der Waals surface area contributed by atoms with E-state index in [-0.39, 0.29) is 24.8 Å². The van der Waals surface area contributed by atoms with Crippen LogP contribution < -0.4 is 16.4 Å². The molecular formula is C17H22ClN5O2. The molecule has 0 aliphatic heterocycles. The van der Waals surface area contributed by atoms with Gasteiger partial charge in [-0.3, -0.25) is 14.3 Å². The number of nitrogens with zero attached hydrogens (tertiary/aromatic N) is 2. The van der Waals surface area contributed by atoms with Crippen molar-refractivity contribution in [3.05, 3.63) is 40.7 Å². The molecule has 2 amide bonds. The Balaban J connectivity index is 2.08. The number of hydrogen-bond donors (Lipinski definition) is 3. The molecule has 0 radical (unpaired) electrons. The Morgan fingerprint density at radius 1 is 1.28 bits per heavy atom. The predicted molar refractivity (Wildman–Crippen MR) is 98.8 cm³/mol. The van der Waals surface area contributed by atoms with Gasteiger partial charge in [0.2, 0.25) is 11.8 Å². The first-order chi connectivity index (χ1) is 11.8. The van der Waals surface area contributed by atoms with Gasteiger partial charge < -0.3 is 16.4 Å².